The molecule has 2 aliphatic rings. The van der Waals surface area contributed by atoms with Gasteiger partial charge in [0, 0.05) is 21.9 Å². The first kappa shape index (κ1) is 11.3. The van der Waals surface area contributed by atoms with Crippen molar-refractivity contribution in [2.24, 2.45) is 11.0 Å². The molecule has 0 spiro atoms. The van der Waals surface area contributed by atoms with Gasteiger partial charge in [-0.15, -0.1) is 0 Å². The van der Waals surface area contributed by atoms with Gasteiger partial charge in [0.1, 0.15) is 0 Å². The van der Waals surface area contributed by atoms with E-state index < -0.39 is 0 Å². The molecule has 0 heterocycles. The van der Waals surface area contributed by atoms with Gasteiger partial charge in [-0.3, -0.25) is 0 Å². The van der Waals surface area contributed by atoms with E-state index >= 15 is 0 Å². The van der Waals surface area contributed by atoms with Crippen LogP contribution in [0.15, 0.2) is 39.5 Å². The van der Waals surface area contributed by atoms with E-state index in [9.17, 15) is 0 Å². The highest BCUT2D eigenvalue weighted by Crippen LogP contribution is 2.40. The average molecular weight is 236 g/mol. The van der Waals surface area contributed by atoms with Crippen LogP contribution in [-0.2, 0) is 0 Å². The Kier molecular flexibility index (Phi) is 3.37. The molecule has 0 radical (unpaired) electrons. The summed E-state index contributed by atoms with van der Waals surface area (Å²) >= 11 is 6.23. The van der Waals surface area contributed by atoms with Crippen molar-refractivity contribution in [2.45, 2.75) is 32.2 Å². The molecule has 3 nitrogen and oxygen atoms in total. The van der Waals surface area contributed by atoms with Crippen LogP contribution in [0.4, 0.5) is 0 Å². The maximum absolute atomic E-state index is 8.39. The molecule has 2 atom stereocenters. The largest absolute Gasteiger partial charge is 0.0909 e. The number of hydrogen-bond acceptors (Lipinski definition) is 1. The molecular formula is C12H14ClN3. The fourth-order valence-electron chi connectivity index (χ4n) is 2.37. The molecule has 0 bridgehead atoms. The van der Waals surface area contributed by atoms with Crippen LogP contribution in [0.5, 0.6) is 0 Å². The number of azide groups is 1. The van der Waals surface area contributed by atoms with Gasteiger partial charge in [-0.2, -0.15) is 0 Å². The summed E-state index contributed by atoms with van der Waals surface area (Å²) in [4.78, 5) is 2.84. The van der Waals surface area contributed by atoms with Crippen LogP contribution < -0.4 is 0 Å². The van der Waals surface area contributed by atoms with Crippen molar-refractivity contribution in [1.82, 2.24) is 0 Å². The van der Waals surface area contributed by atoms with E-state index in [1.807, 2.05) is 6.92 Å². The summed E-state index contributed by atoms with van der Waals surface area (Å²) in [5, 5.41) is 4.59. The Hall–Kier alpha value is -1.18. The van der Waals surface area contributed by atoms with Crippen LogP contribution in [0.25, 0.3) is 10.4 Å². The second-order valence-corrected chi connectivity index (χ2v) is 4.69. The molecule has 1 unspecified atom stereocenters. The molecular weight excluding hydrogens is 222 g/mol. The lowest BCUT2D eigenvalue weighted by molar-refractivity contribution is 0.585. The summed E-state index contributed by atoms with van der Waals surface area (Å²) in [6, 6.07) is 0.0119. The van der Waals surface area contributed by atoms with E-state index in [1.165, 1.54) is 11.1 Å². The van der Waals surface area contributed by atoms with E-state index in [1.54, 1.807) is 0 Å². The van der Waals surface area contributed by atoms with E-state index in [4.69, 9.17) is 17.1 Å². The zero-order chi connectivity index (χ0) is 11.5. The van der Waals surface area contributed by atoms with E-state index in [2.05, 4.69) is 28.3 Å². The first-order chi connectivity index (χ1) is 7.72. The predicted molar refractivity (Wildman–Crippen MR) is 66.1 cm³/mol. The van der Waals surface area contributed by atoms with Gasteiger partial charge in [0.15, 0.2) is 0 Å². The molecule has 16 heavy (non-hydrogen) atoms. The molecule has 0 N–H and O–H groups in total. The Morgan fingerprint density at radius 2 is 2.50 bits per heavy atom. The maximum Gasteiger partial charge on any atom is 0.0407 e. The molecule has 4 heteroatoms. The summed E-state index contributed by atoms with van der Waals surface area (Å²) < 4.78 is 0. The number of rotatable bonds is 3. The molecule has 0 aromatic carbocycles. The molecule has 0 aliphatic heterocycles. The van der Waals surface area contributed by atoms with Crippen molar-refractivity contribution in [2.75, 3.05) is 0 Å². The van der Waals surface area contributed by atoms with Gasteiger partial charge in [0.25, 0.3) is 0 Å². The Morgan fingerprint density at radius 1 is 1.69 bits per heavy atom. The second kappa shape index (κ2) is 4.77. The van der Waals surface area contributed by atoms with Crippen molar-refractivity contribution >= 4 is 11.6 Å². The van der Waals surface area contributed by atoms with Crippen LogP contribution in [0.1, 0.15) is 26.2 Å². The van der Waals surface area contributed by atoms with E-state index in [0.29, 0.717) is 5.92 Å². The monoisotopic (exact) mass is 235 g/mol. The van der Waals surface area contributed by atoms with Gasteiger partial charge < -0.3 is 0 Å². The van der Waals surface area contributed by atoms with Crippen LogP contribution in [0.3, 0.4) is 0 Å². The average Bonchev–Trinajstić information content (AvgIpc) is 2.63. The summed E-state index contributed by atoms with van der Waals surface area (Å²) in [7, 11) is 0. The smallest absolute Gasteiger partial charge is 0.0407 e. The fourth-order valence-corrected chi connectivity index (χ4v) is 2.74. The zero-order valence-electron chi connectivity index (χ0n) is 9.23. The molecule has 0 aromatic heterocycles. The third kappa shape index (κ3) is 2.16. The fraction of sp³-hybridized carbons (Fsp3) is 0.500. The van der Waals surface area contributed by atoms with Gasteiger partial charge >= 0.3 is 0 Å². The summed E-state index contributed by atoms with van der Waals surface area (Å²) in [5.41, 5.74) is 11.0. The third-order valence-corrected chi connectivity index (χ3v) is 3.44. The van der Waals surface area contributed by atoms with Crippen molar-refractivity contribution in [1.29, 1.82) is 0 Å². The lowest BCUT2D eigenvalue weighted by Gasteiger charge is -2.19. The highest BCUT2D eigenvalue weighted by molar-refractivity contribution is 6.32. The van der Waals surface area contributed by atoms with Crippen LogP contribution in [-0.4, -0.2) is 6.04 Å². The minimum atomic E-state index is 0.0119. The first-order valence-electron chi connectivity index (χ1n) is 5.54. The van der Waals surface area contributed by atoms with Crippen molar-refractivity contribution < 1.29 is 0 Å². The van der Waals surface area contributed by atoms with Gasteiger partial charge in [0.2, 0.25) is 0 Å². The standard InChI is InChI=1S/C12H14ClN3/c1-8(15-16-14)7-10-6-5-9-3-2-4-11(13)12(9)10/h4-6,8,10H,2-3,7H2,1H3/t8-,10?/m1/s1. The van der Waals surface area contributed by atoms with E-state index in [0.717, 1.165) is 24.3 Å². The van der Waals surface area contributed by atoms with Crippen LogP contribution in [0, 0.1) is 5.92 Å². The molecule has 0 saturated carbocycles. The highest BCUT2D eigenvalue weighted by Gasteiger charge is 2.25. The molecule has 0 fully saturated rings. The summed E-state index contributed by atoms with van der Waals surface area (Å²) in [6.45, 7) is 1.94. The highest BCUT2D eigenvalue weighted by atomic mass is 35.5. The van der Waals surface area contributed by atoms with Gasteiger partial charge in [-0.25, -0.2) is 0 Å². The molecule has 0 amide bonds. The summed E-state index contributed by atoms with van der Waals surface area (Å²) in [5.74, 6) is 0.319. The third-order valence-electron chi connectivity index (χ3n) is 3.08. The number of allylic oxidation sites excluding steroid dienone is 6. The lowest BCUT2D eigenvalue weighted by atomic mass is 9.90. The Labute approximate surface area is 100 Å². The topological polar surface area (TPSA) is 48.8 Å². The molecule has 0 saturated heterocycles. The molecule has 2 aliphatic carbocycles. The van der Waals surface area contributed by atoms with Crippen molar-refractivity contribution in [3.8, 4) is 0 Å². The summed E-state index contributed by atoms with van der Waals surface area (Å²) in [6.07, 6.45) is 9.37. The number of hydrogen-bond donors (Lipinski definition) is 0. The van der Waals surface area contributed by atoms with Gasteiger partial charge in [0.05, 0.1) is 0 Å². The minimum absolute atomic E-state index is 0.0119. The van der Waals surface area contributed by atoms with Crippen molar-refractivity contribution in [3.63, 3.8) is 0 Å². The van der Waals surface area contributed by atoms with Crippen LogP contribution in [0.2, 0.25) is 0 Å². The second-order valence-electron chi connectivity index (χ2n) is 4.28. The molecule has 0 aromatic rings. The zero-order valence-corrected chi connectivity index (χ0v) is 9.98. The number of nitrogens with zero attached hydrogens (tertiary/aromatic N) is 3. The SMILES string of the molecule is C[C@H](CC1C=CC2=C1C(Cl)=CCC2)N=[N+]=[N-]. The Balaban J connectivity index is 2.14. The quantitative estimate of drug-likeness (QED) is 0.394. The minimum Gasteiger partial charge on any atom is -0.0909 e. The Bertz CT molecular complexity index is 428. The van der Waals surface area contributed by atoms with Crippen molar-refractivity contribution in [3.05, 3.63) is 44.8 Å². The maximum atomic E-state index is 8.39. The van der Waals surface area contributed by atoms with Crippen LogP contribution >= 0.6 is 11.6 Å². The lowest BCUT2D eigenvalue weighted by Crippen LogP contribution is -2.09. The molecule has 84 valence electrons. The Morgan fingerprint density at radius 3 is 3.25 bits per heavy atom. The van der Waals surface area contributed by atoms with Gasteiger partial charge in [-0.05, 0) is 35.9 Å². The van der Waals surface area contributed by atoms with Gasteiger partial charge in [-0.1, -0.05) is 41.9 Å². The van der Waals surface area contributed by atoms with E-state index in [-0.39, 0.29) is 6.04 Å². The number of halogens is 1. The normalized spacial score (nSPS) is 24.9. The first-order valence-corrected chi connectivity index (χ1v) is 5.91. The predicted octanol–water partition coefficient (Wildman–Crippen LogP) is 4.47. The molecule has 2 rings (SSSR count).